The minimum Gasteiger partial charge on any atom is -0.381 e. The van der Waals surface area contributed by atoms with Crippen LogP contribution in [0.3, 0.4) is 0 Å². The van der Waals surface area contributed by atoms with Crippen molar-refractivity contribution < 1.29 is 0 Å². The van der Waals surface area contributed by atoms with E-state index < -0.39 is 0 Å². The van der Waals surface area contributed by atoms with Crippen molar-refractivity contribution in [3.05, 3.63) is 11.3 Å². The smallest absolute Gasteiger partial charge is 0.163 e. The summed E-state index contributed by atoms with van der Waals surface area (Å²) >= 11 is 0. The molecule has 1 saturated heterocycles. The Morgan fingerprint density at radius 3 is 3.07 bits per heavy atom. The van der Waals surface area contributed by atoms with Crippen molar-refractivity contribution in [1.82, 2.24) is 15.5 Å². The van der Waals surface area contributed by atoms with Gasteiger partial charge >= 0.3 is 0 Å². The number of aromatic amines is 1. The zero-order chi connectivity index (χ0) is 10.7. The average molecular weight is 205 g/mol. The minimum absolute atomic E-state index is 0.309. The first-order valence-electron chi connectivity index (χ1n) is 5.27. The Bertz CT molecular complexity index is 370. The van der Waals surface area contributed by atoms with E-state index in [4.69, 9.17) is 11.0 Å². The van der Waals surface area contributed by atoms with Crippen LogP contribution in [0.1, 0.15) is 30.5 Å². The molecule has 0 aliphatic carbocycles. The molecule has 1 fully saturated rings. The lowest BCUT2D eigenvalue weighted by Crippen LogP contribution is -2.35. The summed E-state index contributed by atoms with van der Waals surface area (Å²) < 4.78 is 0. The van der Waals surface area contributed by atoms with Gasteiger partial charge in [-0.15, -0.1) is 0 Å². The number of nitrogens with one attached hydrogen (secondary N) is 2. The third kappa shape index (κ3) is 2.10. The molecular formula is C10H15N5. The van der Waals surface area contributed by atoms with Gasteiger partial charge in [-0.2, -0.15) is 10.4 Å². The van der Waals surface area contributed by atoms with Crippen LogP contribution >= 0.6 is 0 Å². The summed E-state index contributed by atoms with van der Waals surface area (Å²) in [6, 6.07) is 2.54. The van der Waals surface area contributed by atoms with Gasteiger partial charge in [0.15, 0.2) is 5.82 Å². The first-order chi connectivity index (χ1) is 7.31. The van der Waals surface area contributed by atoms with E-state index in [0.29, 0.717) is 17.4 Å². The largest absolute Gasteiger partial charge is 0.381 e. The van der Waals surface area contributed by atoms with Crippen LogP contribution in [-0.4, -0.2) is 22.8 Å². The number of nitrogens with two attached hydrogens (primary N) is 1. The summed E-state index contributed by atoms with van der Waals surface area (Å²) in [6.45, 7) is 1.07. The molecular weight excluding hydrogens is 190 g/mol. The zero-order valence-corrected chi connectivity index (χ0v) is 8.58. The van der Waals surface area contributed by atoms with E-state index >= 15 is 0 Å². The fourth-order valence-corrected chi connectivity index (χ4v) is 2.01. The molecule has 0 radical (unpaired) electrons. The van der Waals surface area contributed by atoms with E-state index in [9.17, 15) is 0 Å². The van der Waals surface area contributed by atoms with Crippen LogP contribution in [0.15, 0.2) is 0 Å². The number of nitrogen functional groups attached to an aromatic ring is 1. The van der Waals surface area contributed by atoms with Crippen molar-refractivity contribution in [1.29, 1.82) is 5.26 Å². The molecule has 5 nitrogen and oxygen atoms in total. The van der Waals surface area contributed by atoms with Gasteiger partial charge in [-0.05, 0) is 19.4 Å². The first-order valence-corrected chi connectivity index (χ1v) is 5.27. The summed E-state index contributed by atoms with van der Waals surface area (Å²) in [5.74, 6) is 0.309. The lowest BCUT2D eigenvalue weighted by Gasteiger charge is -2.22. The third-order valence-corrected chi connectivity index (χ3v) is 2.84. The quantitative estimate of drug-likeness (QED) is 0.657. The van der Waals surface area contributed by atoms with E-state index in [1.165, 1.54) is 12.8 Å². The van der Waals surface area contributed by atoms with Gasteiger partial charge in [0.1, 0.15) is 11.6 Å². The summed E-state index contributed by atoms with van der Waals surface area (Å²) in [4.78, 5) is 0. The molecule has 1 aromatic rings. The number of anilines is 1. The van der Waals surface area contributed by atoms with Crippen molar-refractivity contribution in [3.63, 3.8) is 0 Å². The molecule has 1 atom stereocenters. The highest BCUT2D eigenvalue weighted by Crippen LogP contribution is 2.17. The molecule has 0 bridgehead atoms. The van der Waals surface area contributed by atoms with Crippen LogP contribution < -0.4 is 11.1 Å². The molecule has 0 spiro atoms. The van der Waals surface area contributed by atoms with Crippen LogP contribution in [0.25, 0.3) is 0 Å². The van der Waals surface area contributed by atoms with Gasteiger partial charge in [-0.25, -0.2) is 0 Å². The van der Waals surface area contributed by atoms with Gasteiger partial charge in [0.05, 0.1) is 5.69 Å². The maximum absolute atomic E-state index is 8.91. The number of nitrogens with zero attached hydrogens (tertiary/aromatic N) is 2. The summed E-state index contributed by atoms with van der Waals surface area (Å²) in [5.41, 5.74) is 6.93. The second-order valence-corrected chi connectivity index (χ2v) is 3.93. The number of aromatic nitrogens is 2. The molecule has 2 heterocycles. The number of hydrogen-bond acceptors (Lipinski definition) is 4. The molecule has 15 heavy (non-hydrogen) atoms. The summed E-state index contributed by atoms with van der Waals surface area (Å²) in [7, 11) is 0. The van der Waals surface area contributed by atoms with Gasteiger partial charge in [-0.1, -0.05) is 6.42 Å². The van der Waals surface area contributed by atoms with Crippen molar-refractivity contribution in [2.75, 3.05) is 12.3 Å². The third-order valence-electron chi connectivity index (χ3n) is 2.84. The molecule has 2 rings (SSSR count). The Balaban J connectivity index is 2.06. The number of nitriles is 1. The van der Waals surface area contributed by atoms with Crippen LogP contribution in [0.2, 0.25) is 0 Å². The van der Waals surface area contributed by atoms with Crippen molar-refractivity contribution >= 4 is 5.82 Å². The fraction of sp³-hybridized carbons (Fsp3) is 0.600. The monoisotopic (exact) mass is 205 g/mol. The first kappa shape index (κ1) is 9.99. The summed E-state index contributed by atoms with van der Waals surface area (Å²) in [5, 5.41) is 19.0. The standard InChI is InChI=1S/C10H15N5/c11-6-8-9(14-15-10(8)12)5-7-3-1-2-4-13-7/h7,13H,1-5H2,(H3,12,14,15). The fourth-order valence-electron chi connectivity index (χ4n) is 2.01. The minimum atomic E-state index is 0.309. The molecule has 1 aliphatic heterocycles. The Hall–Kier alpha value is -1.54. The van der Waals surface area contributed by atoms with Crippen LogP contribution in [0, 0.1) is 11.3 Å². The van der Waals surface area contributed by atoms with Crippen molar-refractivity contribution in [2.24, 2.45) is 0 Å². The topological polar surface area (TPSA) is 90.5 Å². The SMILES string of the molecule is N#Cc1c(N)n[nH]c1CC1CCCCN1. The lowest BCUT2D eigenvalue weighted by molar-refractivity contribution is 0.397. The van der Waals surface area contributed by atoms with E-state index in [0.717, 1.165) is 25.1 Å². The second kappa shape index (κ2) is 4.32. The van der Waals surface area contributed by atoms with Crippen LogP contribution in [0.5, 0.6) is 0 Å². The lowest BCUT2D eigenvalue weighted by atomic mass is 9.99. The average Bonchev–Trinajstić information content (AvgIpc) is 2.61. The highest BCUT2D eigenvalue weighted by atomic mass is 15.2. The van der Waals surface area contributed by atoms with Gasteiger partial charge in [-0.3, -0.25) is 5.10 Å². The Labute approximate surface area is 88.7 Å². The predicted octanol–water partition coefficient (Wildman–Crippen LogP) is 0.548. The number of rotatable bonds is 2. The van der Waals surface area contributed by atoms with Gasteiger partial charge in [0.25, 0.3) is 0 Å². The van der Waals surface area contributed by atoms with Gasteiger partial charge in [0, 0.05) is 12.5 Å². The molecule has 1 aliphatic rings. The van der Waals surface area contributed by atoms with E-state index in [-0.39, 0.29) is 0 Å². The Kier molecular flexibility index (Phi) is 2.88. The molecule has 0 amide bonds. The number of hydrogen-bond donors (Lipinski definition) is 3. The predicted molar refractivity (Wildman–Crippen MR) is 57.1 cm³/mol. The highest BCUT2D eigenvalue weighted by Gasteiger charge is 2.17. The number of H-pyrrole nitrogens is 1. The molecule has 5 heteroatoms. The molecule has 1 aromatic heterocycles. The number of piperidine rings is 1. The Morgan fingerprint density at radius 2 is 2.40 bits per heavy atom. The molecule has 80 valence electrons. The molecule has 0 saturated carbocycles. The molecule has 4 N–H and O–H groups in total. The van der Waals surface area contributed by atoms with Gasteiger partial charge < -0.3 is 11.1 Å². The van der Waals surface area contributed by atoms with E-state index in [1.54, 1.807) is 0 Å². The molecule has 1 unspecified atom stereocenters. The van der Waals surface area contributed by atoms with E-state index in [2.05, 4.69) is 21.6 Å². The van der Waals surface area contributed by atoms with Crippen LogP contribution in [0.4, 0.5) is 5.82 Å². The maximum atomic E-state index is 8.91. The zero-order valence-electron chi connectivity index (χ0n) is 8.58. The Morgan fingerprint density at radius 1 is 1.53 bits per heavy atom. The van der Waals surface area contributed by atoms with E-state index in [1.807, 2.05) is 0 Å². The highest BCUT2D eigenvalue weighted by molar-refractivity contribution is 5.51. The van der Waals surface area contributed by atoms with Crippen LogP contribution in [-0.2, 0) is 6.42 Å². The second-order valence-electron chi connectivity index (χ2n) is 3.93. The summed E-state index contributed by atoms with van der Waals surface area (Å²) in [6.07, 6.45) is 4.47. The normalized spacial score (nSPS) is 21.1. The molecule has 0 aromatic carbocycles. The van der Waals surface area contributed by atoms with Gasteiger partial charge in [0.2, 0.25) is 0 Å². The maximum Gasteiger partial charge on any atom is 0.163 e. The van der Waals surface area contributed by atoms with Crippen molar-refractivity contribution in [3.8, 4) is 6.07 Å². The van der Waals surface area contributed by atoms with Crippen molar-refractivity contribution in [2.45, 2.75) is 31.7 Å².